The lowest BCUT2D eigenvalue weighted by Gasteiger charge is -2.23. The van der Waals surface area contributed by atoms with Gasteiger partial charge in [-0.25, -0.2) is 4.98 Å². The molecule has 1 aliphatic heterocycles. The number of nitrogens with one attached hydrogen (secondary N) is 1. The van der Waals surface area contributed by atoms with E-state index in [1.165, 1.54) is 0 Å². The van der Waals surface area contributed by atoms with Crippen LogP contribution in [0.3, 0.4) is 0 Å². The van der Waals surface area contributed by atoms with Crippen LogP contribution < -0.4 is 10.1 Å². The maximum atomic E-state index is 5.79. The Morgan fingerprint density at radius 2 is 2.19 bits per heavy atom. The van der Waals surface area contributed by atoms with E-state index in [1.54, 1.807) is 6.07 Å². The summed E-state index contributed by atoms with van der Waals surface area (Å²) >= 11 is 0. The third kappa shape index (κ3) is 2.71. The molecule has 1 saturated heterocycles. The van der Waals surface area contributed by atoms with E-state index in [0.717, 1.165) is 25.9 Å². The number of ether oxygens (including phenoxy) is 1. The number of aryl methyl sites for hydroxylation is 1. The van der Waals surface area contributed by atoms with Crippen molar-refractivity contribution >= 4 is 0 Å². The van der Waals surface area contributed by atoms with Crippen LogP contribution in [-0.4, -0.2) is 29.2 Å². The lowest BCUT2D eigenvalue weighted by molar-refractivity contribution is 0.155. The first-order valence-corrected chi connectivity index (χ1v) is 5.47. The normalized spacial score (nSPS) is 16.8. The van der Waals surface area contributed by atoms with Crippen molar-refractivity contribution in [2.24, 2.45) is 0 Å². The molecule has 4 heteroatoms. The molecule has 16 heavy (non-hydrogen) atoms. The van der Waals surface area contributed by atoms with Gasteiger partial charge >= 0.3 is 0 Å². The van der Waals surface area contributed by atoms with Gasteiger partial charge < -0.3 is 10.1 Å². The van der Waals surface area contributed by atoms with Gasteiger partial charge in [0.15, 0.2) is 0 Å². The van der Waals surface area contributed by atoms with Crippen LogP contribution in [0, 0.1) is 19.3 Å². The third-order valence-corrected chi connectivity index (χ3v) is 2.54. The topological polar surface area (TPSA) is 47.0 Å². The van der Waals surface area contributed by atoms with Crippen LogP contribution in [0.2, 0.25) is 0 Å². The van der Waals surface area contributed by atoms with Crippen molar-refractivity contribution < 1.29 is 4.74 Å². The van der Waals surface area contributed by atoms with E-state index in [9.17, 15) is 0 Å². The summed E-state index contributed by atoms with van der Waals surface area (Å²) in [5.41, 5.74) is 0.580. The second kappa shape index (κ2) is 4.95. The summed E-state index contributed by atoms with van der Waals surface area (Å²) in [6.45, 7) is 3.81. The van der Waals surface area contributed by atoms with Gasteiger partial charge in [-0.05, 0) is 38.8 Å². The molecule has 0 aromatic carbocycles. The van der Waals surface area contributed by atoms with Gasteiger partial charge in [0.05, 0.1) is 0 Å². The molecule has 0 atom stereocenters. The molecule has 0 aliphatic carbocycles. The van der Waals surface area contributed by atoms with E-state index < -0.39 is 0 Å². The lowest BCUT2D eigenvalue weighted by atomic mass is 10.1. The van der Waals surface area contributed by atoms with Crippen LogP contribution >= 0.6 is 0 Å². The van der Waals surface area contributed by atoms with Crippen LogP contribution in [-0.2, 0) is 0 Å². The first kappa shape index (κ1) is 10.9. The highest BCUT2D eigenvalue weighted by Crippen LogP contribution is 2.15. The quantitative estimate of drug-likeness (QED) is 0.748. The monoisotopic (exact) mass is 217 g/mol. The van der Waals surface area contributed by atoms with Crippen molar-refractivity contribution in [1.29, 1.82) is 0 Å². The summed E-state index contributed by atoms with van der Waals surface area (Å²) in [6, 6.07) is 1.72. The molecule has 1 fully saturated rings. The van der Waals surface area contributed by atoms with Crippen LogP contribution in [0.5, 0.6) is 5.88 Å². The van der Waals surface area contributed by atoms with Gasteiger partial charge in [0.1, 0.15) is 17.6 Å². The molecule has 0 spiro atoms. The minimum absolute atomic E-state index is 0.237. The van der Waals surface area contributed by atoms with E-state index in [0.29, 0.717) is 17.4 Å². The Labute approximate surface area is 95.4 Å². The fourth-order valence-corrected chi connectivity index (χ4v) is 1.76. The Hall–Kier alpha value is -1.60. The van der Waals surface area contributed by atoms with Gasteiger partial charge in [-0.1, -0.05) is 0 Å². The van der Waals surface area contributed by atoms with E-state index >= 15 is 0 Å². The van der Waals surface area contributed by atoms with Gasteiger partial charge in [0.2, 0.25) is 5.88 Å². The summed E-state index contributed by atoms with van der Waals surface area (Å²) < 4.78 is 5.79. The summed E-state index contributed by atoms with van der Waals surface area (Å²) in [7, 11) is 0. The summed E-state index contributed by atoms with van der Waals surface area (Å²) in [4.78, 5) is 8.33. The molecule has 0 saturated carbocycles. The first-order valence-electron chi connectivity index (χ1n) is 5.47. The zero-order chi connectivity index (χ0) is 11.4. The predicted octanol–water partition coefficient (Wildman–Crippen LogP) is 0.897. The first-order chi connectivity index (χ1) is 7.78. The number of aromatic nitrogens is 2. The van der Waals surface area contributed by atoms with Crippen LogP contribution in [0.1, 0.15) is 24.4 Å². The smallest absolute Gasteiger partial charge is 0.218 e. The van der Waals surface area contributed by atoms with Gasteiger partial charge in [-0.15, -0.1) is 6.42 Å². The molecule has 2 heterocycles. The standard InChI is InChI=1S/C12H15N3O/c1-3-10-8-12(15-9(2)14-10)16-11-4-6-13-7-5-11/h1,8,11,13H,4-7H2,2H3. The molecule has 2 rings (SSSR count). The molecule has 1 N–H and O–H groups in total. The Morgan fingerprint density at radius 1 is 1.44 bits per heavy atom. The average Bonchev–Trinajstić information content (AvgIpc) is 2.29. The van der Waals surface area contributed by atoms with Crippen molar-refractivity contribution in [1.82, 2.24) is 15.3 Å². The van der Waals surface area contributed by atoms with Crippen molar-refractivity contribution in [3.63, 3.8) is 0 Å². The number of hydrogen-bond donors (Lipinski definition) is 1. The lowest BCUT2D eigenvalue weighted by Crippen LogP contribution is -2.34. The van der Waals surface area contributed by atoms with Crippen LogP contribution in [0.25, 0.3) is 0 Å². The number of terminal acetylenes is 1. The van der Waals surface area contributed by atoms with Crippen LogP contribution in [0.15, 0.2) is 6.07 Å². The second-order valence-corrected chi connectivity index (χ2v) is 3.85. The minimum Gasteiger partial charge on any atom is -0.474 e. The Kier molecular flexibility index (Phi) is 3.37. The largest absolute Gasteiger partial charge is 0.474 e. The van der Waals surface area contributed by atoms with Crippen molar-refractivity contribution in [3.05, 3.63) is 17.6 Å². The highest BCUT2D eigenvalue weighted by atomic mass is 16.5. The molecule has 1 aromatic rings. The number of rotatable bonds is 2. The number of piperidine rings is 1. The zero-order valence-corrected chi connectivity index (χ0v) is 9.36. The molecule has 0 unspecified atom stereocenters. The molecule has 0 bridgehead atoms. The predicted molar refractivity (Wildman–Crippen MR) is 61.2 cm³/mol. The van der Waals surface area contributed by atoms with Gasteiger partial charge in [0, 0.05) is 6.07 Å². The molecule has 1 aromatic heterocycles. The Morgan fingerprint density at radius 3 is 2.88 bits per heavy atom. The minimum atomic E-state index is 0.237. The summed E-state index contributed by atoms with van der Waals surface area (Å²) in [6.07, 6.45) is 7.57. The SMILES string of the molecule is C#Cc1cc(OC2CCNCC2)nc(C)n1. The average molecular weight is 217 g/mol. The van der Waals surface area contributed by atoms with E-state index in [-0.39, 0.29) is 6.10 Å². The molecular formula is C12H15N3O. The molecule has 0 radical (unpaired) electrons. The zero-order valence-electron chi connectivity index (χ0n) is 9.36. The van der Waals surface area contributed by atoms with E-state index in [2.05, 4.69) is 21.2 Å². The maximum Gasteiger partial charge on any atom is 0.218 e. The van der Waals surface area contributed by atoms with Gasteiger partial charge in [-0.3, -0.25) is 0 Å². The van der Waals surface area contributed by atoms with Crippen LogP contribution in [0.4, 0.5) is 0 Å². The number of hydrogen-bond acceptors (Lipinski definition) is 4. The Balaban J connectivity index is 2.08. The van der Waals surface area contributed by atoms with Crippen molar-refractivity contribution in [2.75, 3.05) is 13.1 Å². The fraction of sp³-hybridized carbons (Fsp3) is 0.500. The van der Waals surface area contributed by atoms with Crippen molar-refractivity contribution in [3.8, 4) is 18.2 Å². The molecular weight excluding hydrogens is 202 g/mol. The highest BCUT2D eigenvalue weighted by molar-refractivity contribution is 5.28. The molecule has 1 aliphatic rings. The second-order valence-electron chi connectivity index (χ2n) is 3.85. The molecule has 0 amide bonds. The fourth-order valence-electron chi connectivity index (χ4n) is 1.76. The maximum absolute atomic E-state index is 5.79. The third-order valence-electron chi connectivity index (χ3n) is 2.54. The van der Waals surface area contributed by atoms with E-state index in [1.807, 2.05) is 6.92 Å². The molecule has 4 nitrogen and oxygen atoms in total. The Bertz CT molecular complexity index is 405. The number of nitrogens with zero attached hydrogens (tertiary/aromatic N) is 2. The van der Waals surface area contributed by atoms with Gasteiger partial charge in [-0.2, -0.15) is 4.98 Å². The summed E-state index contributed by atoms with van der Waals surface area (Å²) in [5, 5.41) is 3.29. The van der Waals surface area contributed by atoms with E-state index in [4.69, 9.17) is 11.2 Å². The van der Waals surface area contributed by atoms with Gasteiger partial charge in [0.25, 0.3) is 0 Å². The molecule has 84 valence electrons. The highest BCUT2D eigenvalue weighted by Gasteiger charge is 2.15. The van der Waals surface area contributed by atoms with Crippen molar-refractivity contribution in [2.45, 2.75) is 25.9 Å². The summed E-state index contributed by atoms with van der Waals surface area (Å²) in [5.74, 6) is 3.74.